The lowest BCUT2D eigenvalue weighted by atomic mass is 10.2. The second-order valence-electron chi connectivity index (χ2n) is 6.46. The molecule has 0 saturated carbocycles. The fourth-order valence-corrected chi connectivity index (χ4v) is 4.56. The van der Waals surface area contributed by atoms with Gasteiger partial charge in [0, 0.05) is 37.2 Å². The third-order valence-electron chi connectivity index (χ3n) is 4.42. The number of nitrogens with one attached hydrogen (secondary N) is 1. The maximum atomic E-state index is 12.9. The summed E-state index contributed by atoms with van der Waals surface area (Å²) in [7, 11) is -3.54. The van der Waals surface area contributed by atoms with Crippen LogP contribution in [0.1, 0.15) is 31.2 Å². The number of benzene rings is 1. The Kier molecular flexibility index (Phi) is 6.36. The van der Waals surface area contributed by atoms with Gasteiger partial charge in [-0.15, -0.1) is 0 Å². The van der Waals surface area contributed by atoms with E-state index in [-0.39, 0.29) is 10.8 Å². The van der Waals surface area contributed by atoms with Crippen LogP contribution in [0.5, 0.6) is 0 Å². The number of nitrogens with zero attached hydrogens (tertiary/aromatic N) is 2. The van der Waals surface area contributed by atoms with Gasteiger partial charge in [0.25, 0.3) is 0 Å². The second kappa shape index (κ2) is 8.92. The van der Waals surface area contributed by atoms with E-state index in [0.717, 1.165) is 31.2 Å². The number of aromatic nitrogens is 1. The third kappa shape index (κ3) is 5.24. The van der Waals surface area contributed by atoms with Gasteiger partial charge < -0.3 is 5.32 Å². The summed E-state index contributed by atoms with van der Waals surface area (Å²) in [5.41, 5.74) is 1.26. The summed E-state index contributed by atoms with van der Waals surface area (Å²) >= 11 is 0. The van der Waals surface area contributed by atoms with Crippen molar-refractivity contribution in [2.45, 2.75) is 30.6 Å². The Balaban J connectivity index is 1.71. The lowest BCUT2D eigenvalue weighted by molar-refractivity contribution is -0.111. The average Bonchev–Trinajstić information content (AvgIpc) is 2.97. The zero-order valence-corrected chi connectivity index (χ0v) is 15.9. The van der Waals surface area contributed by atoms with Gasteiger partial charge in [-0.1, -0.05) is 25.0 Å². The van der Waals surface area contributed by atoms with Crippen molar-refractivity contribution >= 4 is 27.7 Å². The molecule has 6 nitrogen and oxygen atoms in total. The normalized spacial score (nSPS) is 16.1. The number of carbonyl (C=O) groups excluding carboxylic acids is 1. The van der Waals surface area contributed by atoms with Crippen LogP contribution >= 0.6 is 0 Å². The zero-order chi connectivity index (χ0) is 19.1. The molecule has 1 saturated heterocycles. The van der Waals surface area contributed by atoms with E-state index < -0.39 is 10.0 Å². The van der Waals surface area contributed by atoms with Crippen LogP contribution < -0.4 is 5.32 Å². The number of anilines is 1. The van der Waals surface area contributed by atoms with E-state index in [2.05, 4.69) is 10.3 Å². The molecule has 2 aromatic rings. The summed E-state index contributed by atoms with van der Waals surface area (Å²) in [6.45, 7) is 1.10. The van der Waals surface area contributed by atoms with E-state index in [1.54, 1.807) is 47.0 Å². The molecule has 1 aromatic heterocycles. The van der Waals surface area contributed by atoms with Crippen molar-refractivity contribution in [3.63, 3.8) is 0 Å². The first-order valence-corrected chi connectivity index (χ1v) is 10.5. The Morgan fingerprint density at radius 1 is 1.07 bits per heavy atom. The molecule has 1 N–H and O–H groups in total. The average molecular weight is 385 g/mol. The fraction of sp³-hybridized carbons (Fsp3) is 0.300. The van der Waals surface area contributed by atoms with Crippen LogP contribution in [0.25, 0.3) is 6.08 Å². The SMILES string of the molecule is O=C(/C=C/c1cccnc1)Nc1cccc(S(=O)(=O)N2CCCCCC2)c1. The highest BCUT2D eigenvalue weighted by molar-refractivity contribution is 7.89. The van der Waals surface area contributed by atoms with Gasteiger partial charge in [0.05, 0.1) is 4.90 Å². The first-order valence-electron chi connectivity index (χ1n) is 9.05. The largest absolute Gasteiger partial charge is 0.322 e. The molecule has 142 valence electrons. The van der Waals surface area contributed by atoms with Crippen LogP contribution in [0.15, 0.2) is 59.8 Å². The Labute approximate surface area is 160 Å². The number of carbonyl (C=O) groups is 1. The van der Waals surface area contributed by atoms with Gasteiger partial charge in [-0.2, -0.15) is 4.31 Å². The first-order chi connectivity index (χ1) is 13.1. The number of amides is 1. The summed E-state index contributed by atoms with van der Waals surface area (Å²) < 4.78 is 27.3. The minimum atomic E-state index is -3.54. The van der Waals surface area contributed by atoms with E-state index in [1.807, 2.05) is 6.07 Å². The molecule has 7 heteroatoms. The summed E-state index contributed by atoms with van der Waals surface area (Å²) in [5.74, 6) is -0.330. The number of sulfonamides is 1. The maximum Gasteiger partial charge on any atom is 0.248 e. The molecule has 2 heterocycles. The molecule has 0 spiro atoms. The molecule has 0 bridgehead atoms. The Bertz CT molecular complexity index is 903. The Hall–Kier alpha value is -2.51. The maximum absolute atomic E-state index is 12.9. The molecule has 0 radical (unpaired) electrons. The molecule has 0 aliphatic carbocycles. The number of hydrogen-bond donors (Lipinski definition) is 1. The van der Waals surface area contributed by atoms with Crippen molar-refractivity contribution in [2.24, 2.45) is 0 Å². The quantitative estimate of drug-likeness (QED) is 0.801. The van der Waals surface area contributed by atoms with Crippen molar-refractivity contribution in [2.75, 3.05) is 18.4 Å². The first kappa shape index (κ1) is 19.3. The number of hydrogen-bond acceptors (Lipinski definition) is 4. The standard InChI is InChI=1S/C20H23N3O3S/c24-20(11-10-17-7-6-12-21-16-17)22-18-8-5-9-19(15-18)27(25,26)23-13-3-1-2-4-14-23/h5-12,15-16H,1-4,13-14H2,(H,22,24)/b11-10+. The highest BCUT2D eigenvalue weighted by Gasteiger charge is 2.25. The van der Waals surface area contributed by atoms with Crippen molar-refractivity contribution in [1.82, 2.24) is 9.29 Å². The smallest absolute Gasteiger partial charge is 0.248 e. The number of pyridine rings is 1. The molecule has 1 fully saturated rings. The van der Waals surface area contributed by atoms with Crippen LogP contribution in [0.4, 0.5) is 5.69 Å². The monoisotopic (exact) mass is 385 g/mol. The minimum absolute atomic E-state index is 0.207. The van der Waals surface area contributed by atoms with Crippen molar-refractivity contribution in [3.8, 4) is 0 Å². The van der Waals surface area contributed by atoms with Gasteiger partial charge in [-0.25, -0.2) is 8.42 Å². The topological polar surface area (TPSA) is 79.4 Å². The molecule has 27 heavy (non-hydrogen) atoms. The van der Waals surface area contributed by atoms with Crippen LogP contribution in [-0.2, 0) is 14.8 Å². The van der Waals surface area contributed by atoms with Crippen molar-refractivity contribution in [1.29, 1.82) is 0 Å². The van der Waals surface area contributed by atoms with Crippen molar-refractivity contribution in [3.05, 3.63) is 60.4 Å². The van der Waals surface area contributed by atoms with E-state index in [9.17, 15) is 13.2 Å². The third-order valence-corrected chi connectivity index (χ3v) is 6.31. The van der Waals surface area contributed by atoms with Crippen LogP contribution in [0, 0.1) is 0 Å². The van der Waals surface area contributed by atoms with Gasteiger partial charge in [-0.3, -0.25) is 9.78 Å². The highest BCUT2D eigenvalue weighted by atomic mass is 32.2. The highest BCUT2D eigenvalue weighted by Crippen LogP contribution is 2.22. The van der Waals surface area contributed by atoms with Gasteiger partial charge >= 0.3 is 0 Å². The molecule has 1 amide bonds. The van der Waals surface area contributed by atoms with E-state index >= 15 is 0 Å². The fourth-order valence-electron chi connectivity index (χ4n) is 3.00. The van der Waals surface area contributed by atoms with E-state index in [4.69, 9.17) is 0 Å². The van der Waals surface area contributed by atoms with E-state index in [1.165, 1.54) is 12.1 Å². The minimum Gasteiger partial charge on any atom is -0.322 e. The molecule has 0 unspecified atom stereocenters. The molecule has 1 aliphatic heterocycles. The Morgan fingerprint density at radius 3 is 2.56 bits per heavy atom. The molecular formula is C20H23N3O3S. The van der Waals surface area contributed by atoms with Crippen LogP contribution in [-0.4, -0.2) is 36.7 Å². The molecule has 1 aromatic carbocycles. The zero-order valence-electron chi connectivity index (χ0n) is 15.0. The summed E-state index contributed by atoms with van der Waals surface area (Å²) in [6, 6.07) is 10.0. The lowest BCUT2D eigenvalue weighted by Crippen LogP contribution is -2.32. The summed E-state index contributed by atoms with van der Waals surface area (Å²) in [5, 5.41) is 2.71. The summed E-state index contributed by atoms with van der Waals surface area (Å²) in [4.78, 5) is 16.3. The molecular weight excluding hydrogens is 362 g/mol. The molecule has 3 rings (SSSR count). The van der Waals surface area contributed by atoms with Crippen molar-refractivity contribution < 1.29 is 13.2 Å². The number of rotatable bonds is 5. The predicted molar refractivity (Wildman–Crippen MR) is 106 cm³/mol. The predicted octanol–water partition coefficient (Wildman–Crippen LogP) is 3.30. The second-order valence-corrected chi connectivity index (χ2v) is 8.39. The van der Waals surface area contributed by atoms with E-state index in [0.29, 0.717) is 18.8 Å². The van der Waals surface area contributed by atoms with Crippen LogP contribution in [0.2, 0.25) is 0 Å². The van der Waals surface area contributed by atoms with Gasteiger partial charge in [0.2, 0.25) is 15.9 Å². The van der Waals surface area contributed by atoms with Crippen LogP contribution in [0.3, 0.4) is 0 Å². The van der Waals surface area contributed by atoms with Gasteiger partial charge in [0.1, 0.15) is 0 Å². The van der Waals surface area contributed by atoms with Gasteiger partial charge in [-0.05, 0) is 48.7 Å². The lowest BCUT2D eigenvalue weighted by Gasteiger charge is -2.20. The van der Waals surface area contributed by atoms with Gasteiger partial charge in [0.15, 0.2) is 0 Å². The summed E-state index contributed by atoms with van der Waals surface area (Å²) in [6.07, 6.45) is 10.2. The molecule has 1 aliphatic rings. The molecule has 0 atom stereocenters. The Morgan fingerprint density at radius 2 is 1.85 bits per heavy atom.